The average Bonchev–Trinajstić information content (AvgIpc) is 4.16. The number of hydrogen-bond acceptors (Lipinski definition) is 8. The first-order valence-corrected chi connectivity index (χ1v) is 24.0. The molecule has 0 spiro atoms. The van der Waals surface area contributed by atoms with Gasteiger partial charge in [0.15, 0.2) is 0 Å². The normalized spacial score (nSPS) is 20.7. The molecule has 4 aromatic carbocycles. The fourth-order valence-electron chi connectivity index (χ4n) is 11.6. The fourth-order valence-corrected chi connectivity index (χ4v) is 11.6. The minimum Gasteiger partial charge on any atom is -0.497 e. The molecule has 0 aromatic heterocycles. The van der Waals surface area contributed by atoms with Crippen molar-refractivity contribution in [1.29, 1.82) is 0 Å². The van der Waals surface area contributed by atoms with Crippen LogP contribution in [-0.4, -0.2) is 52.6 Å². The van der Waals surface area contributed by atoms with Crippen molar-refractivity contribution in [2.45, 2.75) is 101 Å². The second kappa shape index (κ2) is 20.6. The summed E-state index contributed by atoms with van der Waals surface area (Å²) in [6.45, 7) is 17.8. The number of hydrogen-bond donors (Lipinski definition) is 4. The van der Waals surface area contributed by atoms with Gasteiger partial charge in [0.1, 0.15) is 23.0 Å². The Bertz CT molecular complexity index is 2000. The Morgan fingerprint density at radius 3 is 0.862 bits per heavy atom. The van der Waals surface area contributed by atoms with Crippen molar-refractivity contribution in [3.8, 4) is 23.0 Å². The summed E-state index contributed by atoms with van der Waals surface area (Å²) in [5.74, 6) is 4.83. The minimum atomic E-state index is 0.0394. The van der Waals surface area contributed by atoms with Crippen LogP contribution in [0, 0.1) is 29.1 Å². The zero-order valence-electron chi connectivity index (χ0n) is 39.3. The van der Waals surface area contributed by atoms with Gasteiger partial charge < -0.3 is 40.2 Å². The lowest BCUT2D eigenvalue weighted by atomic mass is 9.66. The highest BCUT2D eigenvalue weighted by Crippen LogP contribution is 2.48. The first-order valence-electron chi connectivity index (χ1n) is 24.0. The molecular weight excluding hydrogens is 805 g/mol. The summed E-state index contributed by atoms with van der Waals surface area (Å²) in [5, 5.41) is 15.6. The maximum Gasteiger partial charge on any atom is 0.119 e. The van der Waals surface area contributed by atoms with Crippen molar-refractivity contribution in [3.63, 3.8) is 0 Å². The van der Waals surface area contributed by atoms with Crippen molar-refractivity contribution in [1.82, 2.24) is 0 Å². The van der Waals surface area contributed by atoms with Crippen molar-refractivity contribution in [3.05, 3.63) is 146 Å². The van der Waals surface area contributed by atoms with E-state index in [0.717, 1.165) is 100 Å². The van der Waals surface area contributed by atoms with Gasteiger partial charge in [-0.25, -0.2) is 0 Å². The molecule has 0 fully saturated rings. The molecule has 65 heavy (non-hydrogen) atoms. The van der Waals surface area contributed by atoms with E-state index >= 15 is 0 Å². The first-order chi connectivity index (χ1) is 31.7. The summed E-state index contributed by atoms with van der Waals surface area (Å²) in [6.07, 6.45) is 21.3. The molecular formula is C57H72N4O4. The molecule has 8 rings (SSSR count). The minimum absolute atomic E-state index is 0.0394. The molecule has 0 bridgehead atoms. The monoisotopic (exact) mass is 877 g/mol. The van der Waals surface area contributed by atoms with Gasteiger partial charge in [0.25, 0.3) is 0 Å². The van der Waals surface area contributed by atoms with E-state index in [1.54, 1.807) is 28.4 Å². The molecule has 8 heteroatoms. The zero-order chi connectivity index (χ0) is 45.5. The topological polar surface area (TPSA) is 85.0 Å². The maximum atomic E-state index is 5.62. The predicted molar refractivity (Wildman–Crippen MR) is 271 cm³/mol. The highest BCUT2D eigenvalue weighted by molar-refractivity contribution is 5.62. The van der Waals surface area contributed by atoms with E-state index < -0.39 is 0 Å². The van der Waals surface area contributed by atoms with Gasteiger partial charge in [0.05, 0.1) is 28.4 Å². The number of ether oxygens (including phenoxy) is 4. The molecule has 0 saturated carbocycles. The highest BCUT2D eigenvalue weighted by Gasteiger charge is 2.38. The summed E-state index contributed by atoms with van der Waals surface area (Å²) < 4.78 is 22.5. The quantitative estimate of drug-likeness (QED) is 0.0518. The summed E-state index contributed by atoms with van der Waals surface area (Å²) in [6, 6.07) is 26.8. The first kappa shape index (κ1) is 45.8. The smallest absolute Gasteiger partial charge is 0.119 e. The second-order valence-electron chi connectivity index (χ2n) is 19.2. The third-order valence-electron chi connectivity index (χ3n) is 15.7. The van der Waals surface area contributed by atoms with Crippen LogP contribution in [0.3, 0.4) is 0 Å². The third kappa shape index (κ3) is 10.2. The summed E-state index contributed by atoms with van der Waals surface area (Å²) in [7, 11) is 6.98. The number of anilines is 4. The molecule has 8 atom stereocenters. The standard InChI is InChI=1S/C57H72N4O4/c1-9-37(53-33-41-29-45(62-5)13-17-49(41)58-53)21-25-57(26-22-38(10-2)54-34-42-30-46(63-6)14-18-50(42)59-54,27-23-39(11-3)55-35-43-31-47(64-7)15-19-51(43)60-55)28-24-40(12-4)56-36-44-32-48(65-8)16-20-52(44)61-56/h9-20,29-32,37-40,53-56,58-61H,1-4,21-28,33-36H2,5-8H3/t37-,38-,39-,40-,53-,54-,55-,56-/m0/s1. The van der Waals surface area contributed by atoms with Crippen molar-refractivity contribution < 1.29 is 18.9 Å². The van der Waals surface area contributed by atoms with Gasteiger partial charge in [-0.3, -0.25) is 0 Å². The van der Waals surface area contributed by atoms with Crippen LogP contribution >= 0.6 is 0 Å². The molecule has 0 saturated heterocycles. The van der Waals surface area contributed by atoms with Gasteiger partial charge >= 0.3 is 0 Å². The molecule has 4 N–H and O–H groups in total. The Balaban J connectivity index is 1.07. The van der Waals surface area contributed by atoms with Gasteiger partial charge in [0.2, 0.25) is 0 Å². The lowest BCUT2D eigenvalue weighted by Gasteiger charge is -2.40. The van der Waals surface area contributed by atoms with E-state index in [1.165, 1.54) is 45.0 Å². The van der Waals surface area contributed by atoms with Crippen LogP contribution in [0.15, 0.2) is 123 Å². The molecule has 4 aliphatic heterocycles. The van der Waals surface area contributed by atoms with Crippen LogP contribution in [0.5, 0.6) is 23.0 Å². The predicted octanol–water partition coefficient (Wildman–Crippen LogP) is 12.5. The molecule has 4 heterocycles. The van der Waals surface area contributed by atoms with Crippen LogP contribution in [0.25, 0.3) is 0 Å². The molecule has 344 valence electrons. The fraction of sp³-hybridized carbons (Fsp3) is 0.439. The van der Waals surface area contributed by atoms with Crippen LogP contribution in [0.1, 0.15) is 73.6 Å². The van der Waals surface area contributed by atoms with Gasteiger partial charge in [0, 0.05) is 46.9 Å². The molecule has 8 nitrogen and oxygen atoms in total. The Morgan fingerprint density at radius 1 is 0.431 bits per heavy atom. The number of methoxy groups -OCH3 is 4. The molecule has 0 aliphatic carbocycles. The van der Waals surface area contributed by atoms with E-state index in [1.807, 2.05) is 0 Å². The number of rotatable bonds is 24. The molecule has 4 aromatic rings. The van der Waals surface area contributed by atoms with E-state index in [-0.39, 0.29) is 29.6 Å². The molecule has 0 radical (unpaired) electrons. The van der Waals surface area contributed by atoms with Crippen LogP contribution in [0.4, 0.5) is 22.7 Å². The van der Waals surface area contributed by atoms with E-state index in [9.17, 15) is 0 Å². The van der Waals surface area contributed by atoms with Crippen molar-refractivity contribution in [2.75, 3.05) is 49.7 Å². The molecule has 4 aliphatic rings. The maximum absolute atomic E-state index is 5.62. The van der Waals surface area contributed by atoms with Gasteiger partial charge in [-0.15, -0.1) is 26.3 Å². The zero-order valence-corrected chi connectivity index (χ0v) is 39.3. The van der Waals surface area contributed by atoms with E-state index in [4.69, 9.17) is 18.9 Å². The van der Waals surface area contributed by atoms with Crippen LogP contribution in [-0.2, 0) is 25.7 Å². The van der Waals surface area contributed by atoms with Gasteiger partial charge in [-0.2, -0.15) is 0 Å². The van der Waals surface area contributed by atoms with E-state index in [0.29, 0.717) is 23.7 Å². The van der Waals surface area contributed by atoms with Gasteiger partial charge in [-0.1, -0.05) is 24.3 Å². The van der Waals surface area contributed by atoms with E-state index in [2.05, 4.69) is 145 Å². The van der Waals surface area contributed by atoms with Gasteiger partial charge in [-0.05, 0) is 201 Å². The highest BCUT2D eigenvalue weighted by atomic mass is 16.5. The Kier molecular flexibility index (Phi) is 14.5. The van der Waals surface area contributed by atoms with Crippen molar-refractivity contribution in [2.24, 2.45) is 29.1 Å². The van der Waals surface area contributed by atoms with Crippen LogP contribution in [0.2, 0.25) is 0 Å². The number of benzene rings is 4. The summed E-state index contributed by atoms with van der Waals surface area (Å²) in [4.78, 5) is 0. The Labute approximate surface area is 389 Å². The SMILES string of the molecule is C=C[C@@H](CCC(CC[C@H](C=C)[C@@H]1Cc2cc(OC)ccc2N1)(CC[C@H](C=C)[C@@H]1Cc2cc(OC)ccc2N1)CC[C@H](C=C)[C@@H]1Cc2cc(OC)ccc2N1)[C@@H]1Cc2cc(OC)ccc2N1. The Hall–Kier alpha value is -5.76. The molecule has 0 amide bonds. The molecule has 0 unspecified atom stereocenters. The average molecular weight is 877 g/mol. The lowest BCUT2D eigenvalue weighted by Crippen LogP contribution is -2.33. The summed E-state index contributed by atoms with van der Waals surface area (Å²) >= 11 is 0. The summed E-state index contributed by atoms with van der Waals surface area (Å²) in [5.41, 5.74) is 10.1. The second-order valence-corrected chi connectivity index (χ2v) is 19.2. The largest absolute Gasteiger partial charge is 0.497 e. The number of fused-ring (bicyclic) bond motifs is 4. The van der Waals surface area contributed by atoms with Crippen molar-refractivity contribution >= 4 is 22.7 Å². The third-order valence-corrected chi connectivity index (χ3v) is 15.7. The lowest BCUT2D eigenvalue weighted by molar-refractivity contribution is 0.147. The van der Waals surface area contributed by atoms with Crippen LogP contribution < -0.4 is 40.2 Å². The Morgan fingerprint density at radius 2 is 0.662 bits per heavy atom. The number of nitrogens with one attached hydrogen (secondary N) is 4.